The van der Waals surface area contributed by atoms with Crippen molar-refractivity contribution in [1.29, 1.82) is 0 Å². The van der Waals surface area contributed by atoms with Crippen molar-refractivity contribution in [1.82, 2.24) is 14.5 Å². The molecule has 6 nitrogen and oxygen atoms in total. The predicted octanol–water partition coefficient (Wildman–Crippen LogP) is 4.53. The van der Waals surface area contributed by atoms with Crippen LogP contribution in [0.25, 0.3) is 10.9 Å². The second-order valence-corrected chi connectivity index (χ2v) is 9.03. The first-order valence-corrected chi connectivity index (χ1v) is 11.7. The van der Waals surface area contributed by atoms with Crippen LogP contribution in [0.1, 0.15) is 18.4 Å². The number of allylic oxidation sites excluding steroid dienone is 1. The van der Waals surface area contributed by atoms with Crippen molar-refractivity contribution >= 4 is 40.2 Å². The van der Waals surface area contributed by atoms with Crippen LogP contribution in [0.4, 0.5) is 0 Å². The number of methoxy groups -OCH3 is 1. The largest absolute Gasteiger partial charge is 0.497 e. The molecule has 0 atom stereocenters. The third-order valence-electron chi connectivity index (χ3n) is 5.34. The zero-order valence-corrected chi connectivity index (χ0v) is 19.4. The molecule has 166 valence electrons. The maximum Gasteiger partial charge on any atom is 0.262 e. The first-order chi connectivity index (χ1) is 15.5. The Morgan fingerprint density at radius 3 is 2.72 bits per heavy atom. The average molecular weight is 470 g/mol. The van der Waals surface area contributed by atoms with E-state index in [9.17, 15) is 9.59 Å². The van der Waals surface area contributed by atoms with E-state index in [1.807, 2.05) is 29.2 Å². The minimum atomic E-state index is -0.168. The Bertz CT molecular complexity index is 1210. The van der Waals surface area contributed by atoms with Crippen LogP contribution in [0.3, 0.4) is 0 Å². The molecule has 8 heteroatoms. The summed E-state index contributed by atoms with van der Waals surface area (Å²) in [5, 5.41) is 1.49. The molecule has 0 spiro atoms. The lowest BCUT2D eigenvalue weighted by Gasteiger charge is -2.23. The zero-order valence-electron chi connectivity index (χ0n) is 17.8. The van der Waals surface area contributed by atoms with Crippen molar-refractivity contribution < 1.29 is 9.53 Å². The van der Waals surface area contributed by atoms with E-state index < -0.39 is 0 Å². The van der Waals surface area contributed by atoms with Crippen LogP contribution in [-0.4, -0.2) is 39.3 Å². The van der Waals surface area contributed by atoms with E-state index in [-0.39, 0.29) is 23.3 Å². The molecule has 1 aliphatic carbocycles. The fourth-order valence-electron chi connectivity index (χ4n) is 3.52. The van der Waals surface area contributed by atoms with Crippen LogP contribution in [0.2, 0.25) is 5.02 Å². The normalized spacial score (nSPS) is 13.2. The molecule has 0 unspecified atom stereocenters. The maximum absolute atomic E-state index is 13.1. The van der Waals surface area contributed by atoms with E-state index in [1.54, 1.807) is 36.0 Å². The molecule has 1 amide bonds. The summed E-state index contributed by atoms with van der Waals surface area (Å²) in [6, 6.07) is 13.0. The molecule has 0 saturated heterocycles. The summed E-state index contributed by atoms with van der Waals surface area (Å²) in [7, 11) is 1.63. The van der Waals surface area contributed by atoms with Crippen molar-refractivity contribution in [3.8, 4) is 5.75 Å². The van der Waals surface area contributed by atoms with Crippen molar-refractivity contribution in [3.63, 3.8) is 0 Å². The van der Waals surface area contributed by atoms with E-state index in [2.05, 4.69) is 11.6 Å². The quantitative estimate of drug-likeness (QED) is 0.262. The Morgan fingerprint density at radius 1 is 1.31 bits per heavy atom. The van der Waals surface area contributed by atoms with E-state index in [0.717, 1.165) is 24.2 Å². The highest BCUT2D eigenvalue weighted by atomic mass is 35.5. The Kier molecular flexibility index (Phi) is 6.86. The van der Waals surface area contributed by atoms with Gasteiger partial charge in [0, 0.05) is 24.2 Å². The summed E-state index contributed by atoms with van der Waals surface area (Å²) in [5.41, 5.74) is 1.41. The molecule has 1 aromatic heterocycles. The van der Waals surface area contributed by atoms with Crippen LogP contribution in [-0.2, 0) is 17.9 Å². The molecule has 0 radical (unpaired) electrons. The number of halogens is 1. The number of fused-ring (bicyclic) bond motifs is 1. The molecule has 0 bridgehead atoms. The number of hydrogen-bond acceptors (Lipinski definition) is 5. The van der Waals surface area contributed by atoms with Crippen molar-refractivity contribution in [2.24, 2.45) is 0 Å². The molecule has 1 heterocycles. The zero-order chi connectivity index (χ0) is 22.7. The van der Waals surface area contributed by atoms with Gasteiger partial charge in [0.1, 0.15) is 5.75 Å². The summed E-state index contributed by atoms with van der Waals surface area (Å²) in [6.07, 6.45) is 3.68. The first kappa shape index (κ1) is 22.4. The Balaban J connectivity index is 1.54. The highest BCUT2D eigenvalue weighted by molar-refractivity contribution is 7.99. The summed E-state index contributed by atoms with van der Waals surface area (Å²) in [6.45, 7) is 4.61. The number of aromatic nitrogens is 2. The van der Waals surface area contributed by atoms with Gasteiger partial charge in [0.25, 0.3) is 5.56 Å². The number of amides is 1. The van der Waals surface area contributed by atoms with Crippen molar-refractivity contribution in [3.05, 3.63) is 76.1 Å². The molecule has 0 N–H and O–H groups in total. The number of carbonyl (C=O) groups excluding carboxylic acids is 1. The SMILES string of the molecule is C=CCn1c(SCC(=O)N(Cc2ccc(OC)cc2)C2CC2)nc2cc(Cl)ccc2c1=O. The van der Waals surface area contributed by atoms with Crippen LogP contribution >= 0.6 is 23.4 Å². The molecule has 1 saturated carbocycles. The minimum Gasteiger partial charge on any atom is -0.497 e. The first-order valence-electron chi connectivity index (χ1n) is 10.4. The second-order valence-electron chi connectivity index (χ2n) is 7.65. The summed E-state index contributed by atoms with van der Waals surface area (Å²) in [5.74, 6) is 1.01. The van der Waals surface area contributed by atoms with Crippen LogP contribution in [0, 0.1) is 0 Å². The Labute approximate surface area is 195 Å². The maximum atomic E-state index is 13.1. The number of benzene rings is 2. The van der Waals surface area contributed by atoms with Gasteiger partial charge in [0.15, 0.2) is 5.16 Å². The van der Waals surface area contributed by atoms with Gasteiger partial charge < -0.3 is 9.64 Å². The number of rotatable bonds is 9. The Hall–Kier alpha value is -2.77. The molecular formula is C24H24ClN3O3S. The fraction of sp³-hybridized carbons (Fsp3) is 0.292. The third kappa shape index (κ3) is 5.00. The van der Waals surface area contributed by atoms with Gasteiger partial charge in [-0.2, -0.15) is 0 Å². The van der Waals surface area contributed by atoms with E-state index in [0.29, 0.717) is 34.2 Å². The predicted molar refractivity (Wildman–Crippen MR) is 129 cm³/mol. The van der Waals surface area contributed by atoms with Crippen molar-refractivity contribution in [2.45, 2.75) is 37.1 Å². The standard InChI is InChI=1S/C24H24ClN3O3S/c1-3-12-27-23(30)20-11-6-17(25)13-21(20)26-24(27)32-15-22(29)28(18-7-8-18)14-16-4-9-19(31-2)10-5-16/h3-6,9-11,13,18H,1,7-8,12,14-15H2,2H3. The van der Waals surface area contributed by atoms with Crippen LogP contribution in [0.5, 0.6) is 5.75 Å². The highest BCUT2D eigenvalue weighted by Gasteiger charge is 2.32. The lowest BCUT2D eigenvalue weighted by atomic mass is 10.2. The van der Waals surface area contributed by atoms with E-state index in [4.69, 9.17) is 16.3 Å². The van der Waals surface area contributed by atoms with Gasteiger partial charge in [-0.05, 0) is 48.7 Å². The smallest absolute Gasteiger partial charge is 0.262 e. The molecule has 3 aromatic rings. The second kappa shape index (κ2) is 9.79. The molecule has 1 fully saturated rings. The number of nitrogens with zero attached hydrogens (tertiary/aromatic N) is 3. The molecular weight excluding hydrogens is 446 g/mol. The van der Waals surface area contributed by atoms with E-state index in [1.165, 1.54) is 11.8 Å². The molecule has 1 aliphatic rings. The Morgan fingerprint density at radius 2 is 2.06 bits per heavy atom. The van der Waals surface area contributed by atoms with Gasteiger partial charge in [-0.1, -0.05) is 41.6 Å². The third-order valence-corrected chi connectivity index (χ3v) is 6.53. The van der Waals surface area contributed by atoms with Gasteiger partial charge in [0.05, 0.1) is 23.8 Å². The van der Waals surface area contributed by atoms with Crippen LogP contribution < -0.4 is 10.3 Å². The molecule has 32 heavy (non-hydrogen) atoms. The van der Waals surface area contributed by atoms with Gasteiger partial charge in [-0.15, -0.1) is 6.58 Å². The molecule has 4 rings (SSSR count). The van der Waals surface area contributed by atoms with Gasteiger partial charge in [-0.3, -0.25) is 14.2 Å². The lowest BCUT2D eigenvalue weighted by Crippen LogP contribution is -2.34. The highest BCUT2D eigenvalue weighted by Crippen LogP contribution is 2.30. The average Bonchev–Trinajstić information content (AvgIpc) is 3.63. The fourth-order valence-corrected chi connectivity index (χ4v) is 4.58. The van der Waals surface area contributed by atoms with Gasteiger partial charge >= 0.3 is 0 Å². The number of carbonyl (C=O) groups is 1. The molecule has 2 aromatic carbocycles. The van der Waals surface area contributed by atoms with Crippen LogP contribution in [0.15, 0.2) is 65.1 Å². The summed E-state index contributed by atoms with van der Waals surface area (Å²) in [4.78, 5) is 32.6. The number of ether oxygens (including phenoxy) is 1. The number of hydrogen-bond donors (Lipinski definition) is 0. The summed E-state index contributed by atoms with van der Waals surface area (Å²) < 4.78 is 6.76. The minimum absolute atomic E-state index is 0.0268. The topological polar surface area (TPSA) is 64.4 Å². The van der Waals surface area contributed by atoms with Gasteiger partial charge in [-0.25, -0.2) is 4.98 Å². The van der Waals surface area contributed by atoms with Crippen molar-refractivity contribution in [2.75, 3.05) is 12.9 Å². The number of thioether (sulfide) groups is 1. The monoisotopic (exact) mass is 469 g/mol. The lowest BCUT2D eigenvalue weighted by molar-refractivity contribution is -0.129. The molecule has 0 aliphatic heterocycles. The van der Waals surface area contributed by atoms with E-state index >= 15 is 0 Å². The van der Waals surface area contributed by atoms with Gasteiger partial charge in [0.2, 0.25) is 5.91 Å². The summed E-state index contributed by atoms with van der Waals surface area (Å²) >= 11 is 7.36.